The largest absolute Gasteiger partial charge is 0.494 e. The normalized spacial score (nSPS) is 16.5. The highest BCUT2D eigenvalue weighted by Gasteiger charge is 2.51. The maximum Gasteiger partial charge on any atom is 0.494 e. The lowest BCUT2D eigenvalue weighted by Gasteiger charge is -2.32. The first-order valence-electron chi connectivity index (χ1n) is 12.2. The summed E-state index contributed by atoms with van der Waals surface area (Å²) < 4.78 is 40.0. The summed E-state index contributed by atoms with van der Waals surface area (Å²) >= 11 is 0. The molecule has 0 radical (unpaired) electrons. The molecule has 3 aromatic carbocycles. The summed E-state index contributed by atoms with van der Waals surface area (Å²) in [4.78, 5) is 17.6. The molecular formula is C28H31BN2O6S. The van der Waals surface area contributed by atoms with Crippen LogP contribution in [0.1, 0.15) is 38.8 Å². The summed E-state index contributed by atoms with van der Waals surface area (Å²) in [5.41, 5.74) is 4.32. The Balaban J connectivity index is 1.28. The van der Waals surface area contributed by atoms with Gasteiger partial charge >= 0.3 is 7.12 Å². The highest BCUT2D eigenvalue weighted by molar-refractivity contribution is 7.92. The van der Waals surface area contributed by atoms with Crippen LogP contribution in [0, 0.1) is 0 Å². The molecule has 0 aliphatic carbocycles. The molecule has 4 rings (SSSR count). The van der Waals surface area contributed by atoms with Crippen LogP contribution in [-0.4, -0.2) is 32.6 Å². The quantitative estimate of drug-likeness (QED) is 0.244. The van der Waals surface area contributed by atoms with Gasteiger partial charge in [-0.15, -0.1) is 0 Å². The smallest absolute Gasteiger partial charge is 0.399 e. The van der Waals surface area contributed by atoms with Crippen molar-refractivity contribution in [2.24, 2.45) is 0 Å². The standard InChI is InChI=1S/C28H31BN2O6S/c1-27(2)28(3,4)37-29(36-27)23-16-13-22(14-17-23)20-35-30-26(32)18-15-21-9-8-12-25(19-21)38(33,34)31-24-10-6-5-7-11-24/h5-19,31H,20H2,1-4H3,(H,30,32)/b18-15+. The third-order valence-electron chi connectivity index (χ3n) is 6.54. The van der Waals surface area contributed by atoms with E-state index in [-0.39, 0.29) is 11.5 Å². The Hall–Kier alpha value is -3.44. The van der Waals surface area contributed by atoms with Gasteiger partial charge in [0.2, 0.25) is 0 Å². The van der Waals surface area contributed by atoms with Gasteiger partial charge in [0.25, 0.3) is 15.9 Å². The third-order valence-corrected chi connectivity index (χ3v) is 7.92. The van der Waals surface area contributed by atoms with Crippen LogP contribution in [-0.2, 0) is 35.6 Å². The van der Waals surface area contributed by atoms with E-state index in [1.165, 1.54) is 24.3 Å². The van der Waals surface area contributed by atoms with Gasteiger partial charge in [0.15, 0.2) is 0 Å². The predicted molar refractivity (Wildman–Crippen MR) is 148 cm³/mol. The van der Waals surface area contributed by atoms with E-state index in [4.69, 9.17) is 14.1 Å². The van der Waals surface area contributed by atoms with Gasteiger partial charge in [0, 0.05) is 11.8 Å². The lowest BCUT2D eigenvalue weighted by molar-refractivity contribution is -0.129. The minimum absolute atomic E-state index is 0.0872. The van der Waals surface area contributed by atoms with E-state index in [0.29, 0.717) is 11.3 Å². The molecule has 10 heteroatoms. The summed E-state index contributed by atoms with van der Waals surface area (Å²) in [6.45, 7) is 8.20. The monoisotopic (exact) mass is 534 g/mol. The Morgan fingerprint density at radius 2 is 1.58 bits per heavy atom. The molecule has 0 atom stereocenters. The summed E-state index contributed by atoms with van der Waals surface area (Å²) in [6.07, 6.45) is 2.79. The van der Waals surface area contributed by atoms with Crippen LogP contribution in [0.25, 0.3) is 6.08 Å². The number of para-hydroxylation sites is 1. The van der Waals surface area contributed by atoms with Gasteiger partial charge in [-0.25, -0.2) is 13.9 Å². The number of nitrogens with one attached hydrogen (secondary N) is 2. The first-order chi connectivity index (χ1) is 18.0. The molecule has 1 fully saturated rings. The molecule has 198 valence electrons. The van der Waals surface area contributed by atoms with Crippen LogP contribution in [0.15, 0.2) is 89.8 Å². The molecule has 1 aliphatic rings. The summed E-state index contributed by atoms with van der Waals surface area (Å²) in [5.74, 6) is -0.477. The second kappa shape index (κ2) is 11.1. The minimum atomic E-state index is -3.76. The summed E-state index contributed by atoms with van der Waals surface area (Å²) in [7, 11) is -4.21. The molecule has 0 saturated carbocycles. The fourth-order valence-electron chi connectivity index (χ4n) is 3.65. The van der Waals surface area contributed by atoms with Gasteiger partial charge in [0.05, 0.1) is 22.7 Å². The zero-order chi connectivity index (χ0) is 27.4. The van der Waals surface area contributed by atoms with Crippen molar-refractivity contribution >= 4 is 40.3 Å². The first-order valence-corrected chi connectivity index (χ1v) is 13.7. The number of rotatable bonds is 9. The lowest BCUT2D eigenvalue weighted by Crippen LogP contribution is -2.41. The molecule has 38 heavy (non-hydrogen) atoms. The summed E-state index contributed by atoms with van der Waals surface area (Å²) in [5, 5.41) is 0. The Bertz CT molecular complexity index is 1390. The van der Waals surface area contributed by atoms with Crippen LogP contribution in [0.5, 0.6) is 0 Å². The van der Waals surface area contributed by atoms with Crippen molar-refractivity contribution in [3.63, 3.8) is 0 Å². The number of hydroxylamine groups is 1. The number of hydrogen-bond acceptors (Lipinski definition) is 6. The molecule has 2 N–H and O–H groups in total. The van der Waals surface area contributed by atoms with Gasteiger partial charge in [-0.2, -0.15) is 0 Å². The molecule has 1 amide bonds. The zero-order valence-corrected chi connectivity index (χ0v) is 22.6. The second-order valence-electron chi connectivity index (χ2n) is 9.96. The topological polar surface area (TPSA) is 103 Å². The average Bonchev–Trinajstić information content (AvgIpc) is 3.10. The van der Waals surface area contributed by atoms with E-state index in [9.17, 15) is 13.2 Å². The fraction of sp³-hybridized carbons (Fsp3) is 0.250. The highest BCUT2D eigenvalue weighted by atomic mass is 32.2. The molecule has 0 bridgehead atoms. The molecule has 1 aliphatic heterocycles. The van der Waals surface area contributed by atoms with Crippen molar-refractivity contribution in [1.82, 2.24) is 5.48 Å². The van der Waals surface area contributed by atoms with Crippen LogP contribution in [0.2, 0.25) is 0 Å². The van der Waals surface area contributed by atoms with E-state index in [1.807, 2.05) is 52.0 Å². The van der Waals surface area contributed by atoms with E-state index < -0.39 is 34.3 Å². The van der Waals surface area contributed by atoms with Crippen molar-refractivity contribution < 1.29 is 27.4 Å². The van der Waals surface area contributed by atoms with Crippen molar-refractivity contribution in [2.45, 2.75) is 50.4 Å². The molecular weight excluding hydrogens is 503 g/mol. The Kier molecular flexibility index (Phi) is 8.08. The maximum atomic E-state index is 12.7. The van der Waals surface area contributed by atoms with E-state index in [0.717, 1.165) is 11.0 Å². The predicted octanol–water partition coefficient (Wildman–Crippen LogP) is 4.05. The van der Waals surface area contributed by atoms with Crippen molar-refractivity contribution in [3.8, 4) is 0 Å². The average molecular weight is 534 g/mol. The van der Waals surface area contributed by atoms with E-state index >= 15 is 0 Å². The van der Waals surface area contributed by atoms with Crippen LogP contribution >= 0.6 is 0 Å². The third kappa shape index (κ3) is 6.70. The van der Waals surface area contributed by atoms with Gasteiger partial charge in [-0.3, -0.25) is 14.4 Å². The number of carbonyl (C=O) groups excluding carboxylic acids is 1. The van der Waals surface area contributed by atoms with Crippen LogP contribution in [0.4, 0.5) is 5.69 Å². The van der Waals surface area contributed by atoms with Crippen LogP contribution in [0.3, 0.4) is 0 Å². The fourth-order valence-corrected chi connectivity index (χ4v) is 4.77. The number of anilines is 1. The zero-order valence-electron chi connectivity index (χ0n) is 21.8. The number of sulfonamides is 1. The number of carbonyl (C=O) groups is 1. The molecule has 0 spiro atoms. The summed E-state index contributed by atoms with van der Waals surface area (Å²) in [6, 6.07) is 22.5. The van der Waals surface area contributed by atoms with Gasteiger partial charge in [0.1, 0.15) is 0 Å². The lowest BCUT2D eigenvalue weighted by atomic mass is 9.79. The van der Waals surface area contributed by atoms with E-state index in [2.05, 4.69) is 10.2 Å². The highest BCUT2D eigenvalue weighted by Crippen LogP contribution is 2.36. The maximum absolute atomic E-state index is 12.7. The van der Waals surface area contributed by atoms with Crippen molar-refractivity contribution in [3.05, 3.63) is 96.1 Å². The Morgan fingerprint density at radius 1 is 0.921 bits per heavy atom. The minimum Gasteiger partial charge on any atom is -0.399 e. The van der Waals surface area contributed by atoms with Crippen molar-refractivity contribution in [1.29, 1.82) is 0 Å². The molecule has 1 saturated heterocycles. The van der Waals surface area contributed by atoms with Gasteiger partial charge in [-0.1, -0.05) is 54.6 Å². The number of benzene rings is 3. The Morgan fingerprint density at radius 3 is 2.24 bits per heavy atom. The molecule has 0 unspecified atom stereocenters. The van der Waals surface area contributed by atoms with Gasteiger partial charge in [-0.05, 0) is 74.6 Å². The first kappa shape index (κ1) is 27.6. The van der Waals surface area contributed by atoms with E-state index in [1.54, 1.807) is 42.5 Å². The SMILES string of the molecule is CC1(C)OB(c2ccc(CONC(=O)/C=C/c3cccc(S(=O)(=O)Nc4ccccc4)c3)cc2)OC1(C)C. The van der Waals surface area contributed by atoms with Crippen molar-refractivity contribution in [2.75, 3.05) is 4.72 Å². The molecule has 0 aromatic heterocycles. The molecule has 8 nitrogen and oxygen atoms in total. The number of amides is 1. The number of hydrogen-bond donors (Lipinski definition) is 2. The second-order valence-corrected chi connectivity index (χ2v) is 11.6. The Labute approximate surface area is 224 Å². The molecule has 1 heterocycles. The van der Waals surface area contributed by atoms with Gasteiger partial charge < -0.3 is 9.31 Å². The van der Waals surface area contributed by atoms with Crippen LogP contribution < -0.4 is 15.7 Å². The molecule has 3 aromatic rings.